The maximum absolute atomic E-state index is 9.22. The van der Waals surface area contributed by atoms with Gasteiger partial charge in [-0.3, -0.25) is 0 Å². The van der Waals surface area contributed by atoms with E-state index in [9.17, 15) is 5.11 Å². The molecule has 5 heteroatoms. The molecule has 1 aromatic heterocycles. The predicted molar refractivity (Wildman–Crippen MR) is 71.8 cm³/mol. The number of hydrogen-bond donors (Lipinski definition) is 2. The first-order valence-electron chi connectivity index (χ1n) is 5.89. The van der Waals surface area contributed by atoms with E-state index >= 15 is 0 Å². The summed E-state index contributed by atoms with van der Waals surface area (Å²) in [4.78, 5) is 0. The number of rotatable bonds is 5. The average molecular weight is 266 g/mol. The number of hydrogen-bond acceptors (Lipinski definition) is 3. The maximum atomic E-state index is 9.22. The summed E-state index contributed by atoms with van der Waals surface area (Å²) in [7, 11) is 0. The monoisotopic (exact) mass is 265 g/mol. The van der Waals surface area contributed by atoms with E-state index in [1.807, 2.05) is 12.1 Å². The zero-order valence-electron chi connectivity index (χ0n) is 10.0. The van der Waals surface area contributed by atoms with E-state index in [0.717, 1.165) is 24.0 Å². The Labute approximate surface area is 111 Å². The van der Waals surface area contributed by atoms with Crippen molar-refractivity contribution in [1.29, 1.82) is 0 Å². The molecule has 0 bridgehead atoms. The summed E-state index contributed by atoms with van der Waals surface area (Å²) < 4.78 is 1.75. The van der Waals surface area contributed by atoms with Crippen LogP contribution in [-0.2, 0) is 13.0 Å². The molecule has 0 aliphatic carbocycles. The molecule has 0 spiro atoms. The van der Waals surface area contributed by atoms with Crippen LogP contribution in [-0.4, -0.2) is 21.4 Å². The highest BCUT2D eigenvalue weighted by atomic mass is 35.5. The van der Waals surface area contributed by atoms with Gasteiger partial charge in [-0.2, -0.15) is 5.10 Å². The van der Waals surface area contributed by atoms with Gasteiger partial charge in [-0.25, -0.2) is 4.68 Å². The lowest BCUT2D eigenvalue weighted by Gasteiger charge is -2.04. The number of phenolic OH excluding ortho intramolecular Hbond substituents is 1. The van der Waals surface area contributed by atoms with Crippen molar-refractivity contribution in [3.63, 3.8) is 0 Å². The molecule has 2 aromatic rings. The molecule has 96 valence electrons. The van der Waals surface area contributed by atoms with Gasteiger partial charge in [0.1, 0.15) is 10.9 Å². The third kappa shape index (κ3) is 3.03. The number of phenols is 1. The summed E-state index contributed by atoms with van der Waals surface area (Å²) in [5.74, 6) is 0.258. The maximum Gasteiger partial charge on any atom is 0.130 e. The molecule has 4 nitrogen and oxygen atoms in total. The van der Waals surface area contributed by atoms with Gasteiger partial charge in [-0.1, -0.05) is 23.7 Å². The molecule has 0 saturated carbocycles. The molecule has 2 rings (SSSR count). The molecular formula is C13H16ClN3O. The fourth-order valence-corrected chi connectivity index (χ4v) is 2.00. The smallest absolute Gasteiger partial charge is 0.130 e. The summed E-state index contributed by atoms with van der Waals surface area (Å²) in [6.07, 6.45) is 3.55. The summed E-state index contributed by atoms with van der Waals surface area (Å²) in [5.41, 5.74) is 7.55. The highest BCUT2D eigenvalue weighted by Gasteiger charge is 2.08. The van der Waals surface area contributed by atoms with Gasteiger partial charge in [0.15, 0.2) is 0 Å². The molecule has 0 fully saturated rings. The Balaban J connectivity index is 2.09. The van der Waals surface area contributed by atoms with Crippen molar-refractivity contribution in [2.45, 2.75) is 19.4 Å². The molecule has 0 radical (unpaired) electrons. The Morgan fingerprint density at radius 3 is 2.67 bits per heavy atom. The molecule has 3 N–H and O–H groups in total. The molecule has 0 aliphatic rings. The number of nitrogens with two attached hydrogens (primary N) is 1. The molecule has 0 aliphatic heterocycles. The van der Waals surface area contributed by atoms with E-state index in [0.29, 0.717) is 18.2 Å². The van der Waals surface area contributed by atoms with Gasteiger partial charge in [0.25, 0.3) is 0 Å². The molecule has 0 atom stereocenters. The minimum Gasteiger partial charge on any atom is -0.508 e. The van der Waals surface area contributed by atoms with Gasteiger partial charge >= 0.3 is 0 Å². The second kappa shape index (κ2) is 5.89. The van der Waals surface area contributed by atoms with Gasteiger partial charge < -0.3 is 10.8 Å². The summed E-state index contributed by atoms with van der Waals surface area (Å²) in [6.45, 7) is 1.25. The normalized spacial score (nSPS) is 10.8. The SMILES string of the molecule is NCCCc1cnn(Cc2ccc(O)cc2)c1Cl. The van der Waals surface area contributed by atoms with E-state index in [4.69, 9.17) is 17.3 Å². The van der Waals surface area contributed by atoms with Crippen molar-refractivity contribution in [3.8, 4) is 5.75 Å². The first-order valence-corrected chi connectivity index (χ1v) is 6.26. The largest absolute Gasteiger partial charge is 0.508 e. The third-order valence-corrected chi connectivity index (χ3v) is 3.20. The number of nitrogens with zero attached hydrogens (tertiary/aromatic N) is 2. The number of aryl methyl sites for hydroxylation is 1. The van der Waals surface area contributed by atoms with Crippen LogP contribution in [0.5, 0.6) is 5.75 Å². The average Bonchev–Trinajstić information content (AvgIpc) is 2.71. The van der Waals surface area contributed by atoms with Crippen molar-refractivity contribution in [2.24, 2.45) is 5.73 Å². The lowest BCUT2D eigenvalue weighted by molar-refractivity contribution is 0.475. The van der Waals surface area contributed by atoms with Crippen LogP contribution in [0, 0.1) is 0 Å². The van der Waals surface area contributed by atoms with Crippen LogP contribution in [0.2, 0.25) is 5.15 Å². The highest BCUT2D eigenvalue weighted by Crippen LogP contribution is 2.19. The van der Waals surface area contributed by atoms with Gasteiger partial charge in [0.05, 0.1) is 12.7 Å². The Morgan fingerprint density at radius 2 is 2.00 bits per heavy atom. The lowest BCUT2D eigenvalue weighted by atomic mass is 10.2. The van der Waals surface area contributed by atoms with Crippen LogP contribution in [0.4, 0.5) is 0 Å². The van der Waals surface area contributed by atoms with Crippen LogP contribution < -0.4 is 5.73 Å². The second-order valence-corrected chi connectivity index (χ2v) is 4.53. The quantitative estimate of drug-likeness (QED) is 0.871. The summed E-state index contributed by atoms with van der Waals surface area (Å²) >= 11 is 6.25. The van der Waals surface area contributed by atoms with Gasteiger partial charge in [-0.05, 0) is 37.1 Å². The van der Waals surface area contributed by atoms with E-state index in [1.54, 1.807) is 23.0 Å². The van der Waals surface area contributed by atoms with E-state index in [2.05, 4.69) is 5.10 Å². The first kappa shape index (κ1) is 12.9. The van der Waals surface area contributed by atoms with Gasteiger partial charge in [0, 0.05) is 5.56 Å². The Kier molecular flexibility index (Phi) is 4.23. The fraction of sp³-hybridized carbons (Fsp3) is 0.308. The number of halogens is 1. The van der Waals surface area contributed by atoms with Gasteiger partial charge in [-0.15, -0.1) is 0 Å². The third-order valence-electron chi connectivity index (χ3n) is 2.76. The van der Waals surface area contributed by atoms with Crippen LogP contribution in [0.3, 0.4) is 0 Å². The standard InChI is InChI=1S/C13H16ClN3O/c14-13-11(2-1-7-15)8-16-17(13)9-10-3-5-12(18)6-4-10/h3-6,8,18H,1-2,7,9,15H2. The van der Waals surface area contributed by atoms with Crippen LogP contribution in [0.25, 0.3) is 0 Å². The van der Waals surface area contributed by atoms with Crippen molar-refractivity contribution in [3.05, 3.63) is 46.7 Å². The summed E-state index contributed by atoms with van der Waals surface area (Å²) in [5, 5.41) is 14.1. The van der Waals surface area contributed by atoms with Crippen LogP contribution in [0.15, 0.2) is 30.5 Å². The highest BCUT2D eigenvalue weighted by molar-refractivity contribution is 6.30. The zero-order chi connectivity index (χ0) is 13.0. The summed E-state index contributed by atoms with van der Waals surface area (Å²) in [6, 6.07) is 7.02. The minimum absolute atomic E-state index is 0.258. The second-order valence-electron chi connectivity index (χ2n) is 4.18. The minimum atomic E-state index is 0.258. The Bertz CT molecular complexity index is 507. The Morgan fingerprint density at radius 1 is 1.28 bits per heavy atom. The van der Waals surface area contributed by atoms with E-state index in [1.165, 1.54) is 0 Å². The van der Waals surface area contributed by atoms with Crippen molar-refractivity contribution >= 4 is 11.6 Å². The molecule has 1 aromatic carbocycles. The van der Waals surface area contributed by atoms with Crippen molar-refractivity contribution < 1.29 is 5.11 Å². The first-order chi connectivity index (χ1) is 8.70. The molecule has 0 unspecified atom stereocenters. The lowest BCUT2D eigenvalue weighted by Crippen LogP contribution is -2.02. The Hall–Kier alpha value is -1.52. The number of aromatic nitrogens is 2. The van der Waals surface area contributed by atoms with Crippen molar-refractivity contribution in [2.75, 3.05) is 6.54 Å². The molecule has 1 heterocycles. The predicted octanol–water partition coefficient (Wildman–Crippen LogP) is 2.18. The fourth-order valence-electron chi connectivity index (χ4n) is 1.75. The topological polar surface area (TPSA) is 64.1 Å². The molecule has 0 amide bonds. The molecule has 18 heavy (non-hydrogen) atoms. The van der Waals surface area contributed by atoms with Crippen LogP contribution in [0.1, 0.15) is 17.5 Å². The van der Waals surface area contributed by atoms with Crippen LogP contribution >= 0.6 is 11.6 Å². The van der Waals surface area contributed by atoms with Crippen molar-refractivity contribution in [1.82, 2.24) is 9.78 Å². The number of benzene rings is 1. The van der Waals surface area contributed by atoms with Gasteiger partial charge in [0.2, 0.25) is 0 Å². The van der Waals surface area contributed by atoms with E-state index in [-0.39, 0.29) is 5.75 Å². The van der Waals surface area contributed by atoms with E-state index < -0.39 is 0 Å². The molecule has 0 saturated heterocycles. The molecular weight excluding hydrogens is 250 g/mol. The number of aromatic hydroxyl groups is 1. The zero-order valence-corrected chi connectivity index (χ0v) is 10.8.